The fourth-order valence-electron chi connectivity index (χ4n) is 2.47. The molecule has 0 fully saturated rings. The summed E-state index contributed by atoms with van der Waals surface area (Å²) >= 11 is 0. The Morgan fingerprint density at radius 3 is 2.67 bits per heavy atom. The van der Waals surface area contributed by atoms with E-state index in [1.165, 1.54) is 16.7 Å². The molecule has 2 nitrogen and oxygen atoms in total. The van der Waals surface area contributed by atoms with E-state index in [0.29, 0.717) is 0 Å². The van der Waals surface area contributed by atoms with Gasteiger partial charge in [0.1, 0.15) is 7.05 Å². The van der Waals surface area contributed by atoms with E-state index in [1.54, 1.807) is 0 Å². The van der Waals surface area contributed by atoms with Crippen molar-refractivity contribution < 1.29 is 9.31 Å². The molecule has 0 unspecified atom stereocenters. The molecule has 0 bridgehead atoms. The highest BCUT2D eigenvalue weighted by Crippen LogP contribution is 2.26. The molecule has 0 spiro atoms. The van der Waals surface area contributed by atoms with Gasteiger partial charge in [-0.3, -0.25) is 0 Å². The van der Waals surface area contributed by atoms with Gasteiger partial charge in [0.05, 0.1) is 5.57 Å². The van der Waals surface area contributed by atoms with Crippen LogP contribution in [0.5, 0.6) is 0 Å². The van der Waals surface area contributed by atoms with Crippen molar-refractivity contribution in [3.63, 3.8) is 0 Å². The predicted octanol–water partition coefficient (Wildman–Crippen LogP) is 2.76. The van der Waals surface area contributed by atoms with Crippen LogP contribution in [0.25, 0.3) is 0 Å². The van der Waals surface area contributed by atoms with E-state index in [2.05, 4.69) is 54.2 Å². The maximum absolute atomic E-state index is 5.81. The fraction of sp³-hybridized carbons (Fsp3) is 0.312. The molecule has 0 atom stereocenters. The van der Waals surface area contributed by atoms with Crippen molar-refractivity contribution in [2.24, 2.45) is 0 Å². The second kappa shape index (κ2) is 4.81. The number of likely N-dealkylation sites (N-methyl/N-ethyl adjacent to an activating group) is 1. The molecule has 0 saturated carbocycles. The Morgan fingerprint density at radius 2 is 2.06 bits per heavy atom. The van der Waals surface area contributed by atoms with E-state index in [-0.39, 0.29) is 0 Å². The Balaban J connectivity index is 1.96. The smallest absolute Gasteiger partial charge is 0.370 e. The third-order valence-electron chi connectivity index (χ3n) is 3.49. The molecule has 2 heteroatoms. The van der Waals surface area contributed by atoms with Gasteiger partial charge in [0.25, 0.3) is 0 Å². The van der Waals surface area contributed by atoms with Crippen LogP contribution in [-0.4, -0.2) is 30.7 Å². The average Bonchev–Trinajstić information content (AvgIpc) is 3.09. The average molecular weight is 240 g/mol. The first kappa shape index (κ1) is 11.3. The Hall–Kier alpha value is -1.83. The molecule has 0 amide bonds. The number of rotatable bonds is 3. The minimum atomic E-state index is 0.793. The van der Waals surface area contributed by atoms with Crippen LogP contribution in [0.4, 0.5) is 0 Å². The zero-order valence-electron chi connectivity index (χ0n) is 10.7. The number of hydrogen-bond donors (Lipinski definition) is 0. The van der Waals surface area contributed by atoms with Crippen molar-refractivity contribution in [3.8, 4) is 0 Å². The van der Waals surface area contributed by atoms with Crippen LogP contribution in [0.3, 0.4) is 0 Å². The summed E-state index contributed by atoms with van der Waals surface area (Å²) in [5, 5.41) is 0. The van der Waals surface area contributed by atoms with Gasteiger partial charge in [0.2, 0.25) is 0 Å². The zero-order chi connectivity index (χ0) is 12.4. The molecule has 0 radical (unpaired) electrons. The summed E-state index contributed by atoms with van der Waals surface area (Å²) in [7, 11) is 2.10. The summed E-state index contributed by atoms with van der Waals surface area (Å²) in [6, 6.07) is 0. The predicted molar refractivity (Wildman–Crippen MR) is 73.8 cm³/mol. The van der Waals surface area contributed by atoms with Gasteiger partial charge in [0, 0.05) is 0 Å². The van der Waals surface area contributed by atoms with Crippen LogP contribution >= 0.6 is 0 Å². The first-order valence-corrected chi connectivity index (χ1v) is 6.49. The summed E-state index contributed by atoms with van der Waals surface area (Å²) in [6.07, 6.45) is 17.3. The van der Waals surface area contributed by atoms with Gasteiger partial charge in [-0.2, -0.15) is 4.58 Å². The number of hydrogen-bond acceptors (Lipinski definition) is 1. The van der Waals surface area contributed by atoms with E-state index >= 15 is 0 Å². The molecule has 0 saturated heterocycles. The van der Waals surface area contributed by atoms with Crippen molar-refractivity contribution in [2.75, 3.05) is 20.2 Å². The van der Waals surface area contributed by atoms with E-state index in [0.717, 1.165) is 31.9 Å². The van der Waals surface area contributed by atoms with Gasteiger partial charge in [-0.15, -0.1) is 0 Å². The highest BCUT2D eigenvalue weighted by atomic mass is 16.5. The Kier molecular flexibility index (Phi) is 3.01. The van der Waals surface area contributed by atoms with Gasteiger partial charge in [0.15, 0.2) is 13.2 Å². The van der Waals surface area contributed by atoms with Crippen molar-refractivity contribution >= 4 is 5.90 Å². The summed E-state index contributed by atoms with van der Waals surface area (Å²) < 4.78 is 8.01. The molecule has 1 heterocycles. The van der Waals surface area contributed by atoms with Crippen LogP contribution in [-0.2, 0) is 4.74 Å². The molecule has 3 aliphatic rings. The minimum Gasteiger partial charge on any atom is -0.438 e. The summed E-state index contributed by atoms with van der Waals surface area (Å²) in [5.74, 6) is 1.03. The second-order valence-electron chi connectivity index (χ2n) is 4.83. The SMILES string of the molecule is C[N+]1=C(/C(=C\C2=CC=CC2)C2=CC=CC2)OCC1. The third-order valence-corrected chi connectivity index (χ3v) is 3.49. The normalized spacial score (nSPS) is 22.6. The standard InChI is InChI=1S/C16H18NO/c1-17-10-11-18-16(17)15(14-8-4-5-9-14)12-13-6-2-3-7-13/h2-6,8,12H,7,9-11H2,1H3/q+1/b15-12-. The second-order valence-corrected chi connectivity index (χ2v) is 4.83. The molecule has 92 valence electrons. The molecule has 0 aromatic carbocycles. The number of allylic oxidation sites excluding steroid dienone is 8. The lowest BCUT2D eigenvalue weighted by molar-refractivity contribution is -0.486. The zero-order valence-corrected chi connectivity index (χ0v) is 10.7. The monoisotopic (exact) mass is 240 g/mol. The van der Waals surface area contributed by atoms with Crippen LogP contribution in [0.2, 0.25) is 0 Å². The number of ether oxygens (including phenoxy) is 1. The van der Waals surface area contributed by atoms with E-state index in [4.69, 9.17) is 4.74 Å². The third kappa shape index (κ3) is 2.10. The lowest BCUT2D eigenvalue weighted by Crippen LogP contribution is -2.15. The molecule has 1 aliphatic heterocycles. The van der Waals surface area contributed by atoms with Crippen molar-refractivity contribution in [2.45, 2.75) is 12.8 Å². The summed E-state index contributed by atoms with van der Waals surface area (Å²) in [6.45, 7) is 1.77. The minimum absolute atomic E-state index is 0.793. The van der Waals surface area contributed by atoms with E-state index in [1.807, 2.05) is 0 Å². The van der Waals surface area contributed by atoms with Crippen LogP contribution < -0.4 is 0 Å². The molecular weight excluding hydrogens is 222 g/mol. The number of nitrogens with zero attached hydrogens (tertiary/aromatic N) is 1. The maximum Gasteiger partial charge on any atom is 0.370 e. The van der Waals surface area contributed by atoms with E-state index < -0.39 is 0 Å². The van der Waals surface area contributed by atoms with E-state index in [9.17, 15) is 0 Å². The molecule has 2 aliphatic carbocycles. The maximum atomic E-state index is 5.81. The first-order valence-electron chi connectivity index (χ1n) is 6.49. The highest BCUT2D eigenvalue weighted by Gasteiger charge is 2.27. The van der Waals surface area contributed by atoms with Crippen LogP contribution in [0.15, 0.2) is 59.3 Å². The van der Waals surface area contributed by atoms with Crippen molar-refractivity contribution in [1.29, 1.82) is 0 Å². The van der Waals surface area contributed by atoms with Gasteiger partial charge >= 0.3 is 5.90 Å². The largest absolute Gasteiger partial charge is 0.438 e. The Morgan fingerprint density at radius 1 is 1.22 bits per heavy atom. The summed E-state index contributed by atoms with van der Waals surface area (Å²) in [5.41, 5.74) is 3.95. The lowest BCUT2D eigenvalue weighted by Gasteiger charge is -2.06. The molecule has 0 aromatic rings. The Labute approximate surface area is 108 Å². The topological polar surface area (TPSA) is 12.2 Å². The molecule has 18 heavy (non-hydrogen) atoms. The molecule has 3 rings (SSSR count). The quantitative estimate of drug-likeness (QED) is 0.691. The Bertz CT molecular complexity index is 541. The fourth-order valence-corrected chi connectivity index (χ4v) is 2.47. The van der Waals surface area contributed by atoms with Crippen LogP contribution in [0, 0.1) is 0 Å². The summed E-state index contributed by atoms with van der Waals surface area (Å²) in [4.78, 5) is 0. The molecule has 0 N–H and O–H groups in total. The van der Waals surface area contributed by atoms with Crippen molar-refractivity contribution in [3.05, 3.63) is 59.3 Å². The highest BCUT2D eigenvalue weighted by molar-refractivity contribution is 5.95. The van der Waals surface area contributed by atoms with Gasteiger partial charge in [-0.1, -0.05) is 36.5 Å². The van der Waals surface area contributed by atoms with Gasteiger partial charge < -0.3 is 4.74 Å². The molecule has 0 aromatic heterocycles. The van der Waals surface area contributed by atoms with Crippen LogP contribution in [0.1, 0.15) is 12.8 Å². The van der Waals surface area contributed by atoms with Gasteiger partial charge in [-0.05, 0) is 30.1 Å². The molecular formula is C16H18NO+. The van der Waals surface area contributed by atoms with Crippen molar-refractivity contribution in [1.82, 2.24) is 0 Å². The van der Waals surface area contributed by atoms with Gasteiger partial charge in [-0.25, -0.2) is 0 Å². The lowest BCUT2D eigenvalue weighted by atomic mass is 10.0. The first-order chi connectivity index (χ1) is 8.84.